The zero-order valence-corrected chi connectivity index (χ0v) is 22.9. The molecule has 2 heterocycles. The highest BCUT2D eigenvalue weighted by Crippen LogP contribution is 2.31. The van der Waals surface area contributed by atoms with E-state index in [1.807, 2.05) is 13.0 Å². The minimum absolute atomic E-state index is 0.0103. The Balaban J connectivity index is 1.59. The first-order valence-corrected chi connectivity index (χ1v) is 13.9. The summed E-state index contributed by atoms with van der Waals surface area (Å²) < 4.78 is 22.2. The van der Waals surface area contributed by atoms with E-state index in [2.05, 4.69) is 20.4 Å². The number of thioether (sulfide) groups is 1. The summed E-state index contributed by atoms with van der Waals surface area (Å²) in [5.74, 6) is 1.16. The summed E-state index contributed by atoms with van der Waals surface area (Å²) in [4.78, 5) is 21.7. The molecular formula is C24H23ClFN5O3S3. The van der Waals surface area contributed by atoms with Gasteiger partial charge in [0.2, 0.25) is 0 Å². The Bertz CT molecular complexity index is 1480. The van der Waals surface area contributed by atoms with Crippen molar-refractivity contribution >= 4 is 75.1 Å². The molecule has 0 spiro atoms. The molecule has 4 rings (SSSR count). The molecule has 37 heavy (non-hydrogen) atoms. The first-order valence-electron chi connectivity index (χ1n) is 11.3. The maximum absolute atomic E-state index is 13.6. The van der Waals surface area contributed by atoms with Crippen molar-refractivity contribution in [2.45, 2.75) is 30.6 Å². The highest BCUT2D eigenvalue weighted by molar-refractivity contribution is 8.01. The summed E-state index contributed by atoms with van der Waals surface area (Å²) in [6, 6.07) is 7.89. The van der Waals surface area contributed by atoms with Gasteiger partial charge >= 0.3 is 0 Å². The number of ketones is 1. The Kier molecular flexibility index (Phi) is 9.43. The number of fused-ring (bicyclic) bond motifs is 1. The van der Waals surface area contributed by atoms with Crippen molar-refractivity contribution in [3.05, 3.63) is 57.0 Å². The van der Waals surface area contributed by atoms with Gasteiger partial charge in [-0.1, -0.05) is 34.7 Å². The van der Waals surface area contributed by atoms with Crippen molar-refractivity contribution in [2.75, 3.05) is 24.3 Å². The highest BCUT2D eigenvalue weighted by atomic mass is 35.5. The summed E-state index contributed by atoms with van der Waals surface area (Å²) in [5.41, 5.74) is 1.86. The summed E-state index contributed by atoms with van der Waals surface area (Å²) in [7, 11) is 0. The molecule has 0 aliphatic heterocycles. The fraction of sp³-hybridized carbons (Fsp3) is 0.292. The monoisotopic (exact) mass is 579 g/mol. The van der Waals surface area contributed by atoms with Crippen LogP contribution < -0.4 is 10.1 Å². The van der Waals surface area contributed by atoms with Crippen molar-refractivity contribution in [3.63, 3.8) is 0 Å². The van der Waals surface area contributed by atoms with Crippen LogP contribution in [-0.2, 0) is 17.8 Å². The van der Waals surface area contributed by atoms with Crippen LogP contribution in [0.25, 0.3) is 10.9 Å². The molecule has 2 N–H and O–H groups in total. The number of aliphatic hydroxyl groups excluding tert-OH is 1. The van der Waals surface area contributed by atoms with Crippen LogP contribution in [0.2, 0.25) is 5.02 Å². The lowest BCUT2D eigenvalue weighted by Crippen LogP contribution is -2.14. The van der Waals surface area contributed by atoms with Crippen LogP contribution in [0.4, 0.5) is 15.9 Å². The number of hydrogen-bond donors (Lipinski definition) is 2. The number of aromatic nitrogens is 4. The molecule has 4 aromatic rings. The molecule has 0 aliphatic carbocycles. The fourth-order valence-corrected chi connectivity index (χ4v) is 5.98. The molecule has 0 saturated heterocycles. The number of hydrogen-bond acceptors (Lipinski definition) is 10. The average Bonchev–Trinajstić information content (AvgIpc) is 3.21. The molecule has 0 radical (unpaired) electrons. The van der Waals surface area contributed by atoms with Crippen LogP contribution in [0.3, 0.4) is 0 Å². The van der Waals surface area contributed by atoms with Gasteiger partial charge in [-0.15, -0.1) is 0 Å². The van der Waals surface area contributed by atoms with Crippen LogP contribution in [0.15, 0.2) is 41.0 Å². The van der Waals surface area contributed by atoms with Gasteiger partial charge in [0, 0.05) is 41.5 Å². The summed E-state index contributed by atoms with van der Waals surface area (Å²) in [6.07, 6.45) is 2.16. The summed E-state index contributed by atoms with van der Waals surface area (Å²) in [5, 5.41) is 17.2. The number of anilines is 2. The molecule has 2 aromatic heterocycles. The van der Waals surface area contributed by atoms with Gasteiger partial charge in [-0.2, -0.15) is 5.10 Å². The summed E-state index contributed by atoms with van der Waals surface area (Å²) in [6.45, 7) is 2.43. The molecule has 2 aromatic carbocycles. The zero-order chi connectivity index (χ0) is 26.4. The van der Waals surface area contributed by atoms with Gasteiger partial charge in [-0.3, -0.25) is 4.79 Å². The van der Waals surface area contributed by atoms with E-state index in [0.29, 0.717) is 50.7 Å². The Morgan fingerprint density at radius 3 is 2.92 bits per heavy atom. The number of benzene rings is 2. The van der Waals surface area contributed by atoms with Crippen molar-refractivity contribution in [1.82, 2.24) is 19.7 Å². The second kappa shape index (κ2) is 12.7. The number of halogens is 2. The predicted octanol–water partition coefficient (Wildman–Crippen LogP) is 5.84. The van der Waals surface area contributed by atoms with E-state index in [1.54, 1.807) is 12.1 Å². The number of ether oxygens (including phenoxy) is 1. The molecule has 8 nitrogen and oxygen atoms in total. The number of rotatable bonds is 12. The lowest BCUT2D eigenvalue weighted by atomic mass is 10.0. The smallest absolute Gasteiger partial charge is 0.180 e. The van der Waals surface area contributed by atoms with Crippen LogP contribution in [-0.4, -0.2) is 49.6 Å². The number of carbonyl (C=O) groups is 1. The number of carbonyl (C=O) groups excluding carboxylic acids is 1. The van der Waals surface area contributed by atoms with Crippen molar-refractivity contribution in [3.8, 4) is 5.75 Å². The first kappa shape index (κ1) is 27.4. The van der Waals surface area contributed by atoms with Crippen molar-refractivity contribution in [1.29, 1.82) is 0 Å². The first-order chi connectivity index (χ1) is 17.9. The SMILES string of the molecule is CCOc1cc2ncnc(Nc3ccc(F)c(Cl)c3)c2cc1CC(=O)Cn1nc(SCCCO)sc1=S. The van der Waals surface area contributed by atoms with Gasteiger partial charge in [0.1, 0.15) is 30.3 Å². The standard InChI is InChI=1S/C24H23ClFN5O3S3/c1-2-34-21-11-20-17(22(28-13-27-20)29-15-4-5-19(26)18(25)10-15)9-14(21)8-16(33)12-31-24(35)37-23(30-31)36-7-3-6-32/h4-5,9-11,13,32H,2-3,6-8,12H2,1H3,(H,27,28,29). The topological polar surface area (TPSA) is 102 Å². The van der Waals surface area contributed by atoms with Gasteiger partial charge < -0.3 is 15.2 Å². The Morgan fingerprint density at radius 2 is 2.16 bits per heavy atom. The molecular weight excluding hydrogens is 557 g/mol. The highest BCUT2D eigenvalue weighted by Gasteiger charge is 2.16. The van der Waals surface area contributed by atoms with Gasteiger partial charge in [-0.05, 0) is 49.8 Å². The van der Waals surface area contributed by atoms with E-state index >= 15 is 0 Å². The number of nitrogens with zero attached hydrogens (tertiary/aromatic N) is 4. The van der Waals surface area contributed by atoms with E-state index in [-0.39, 0.29) is 30.4 Å². The molecule has 0 fully saturated rings. The maximum Gasteiger partial charge on any atom is 0.180 e. The minimum Gasteiger partial charge on any atom is -0.494 e. The number of aliphatic hydroxyl groups is 1. The normalized spacial score (nSPS) is 11.1. The molecule has 194 valence electrons. The minimum atomic E-state index is -0.516. The number of nitrogens with one attached hydrogen (secondary N) is 1. The van der Waals surface area contributed by atoms with Crippen LogP contribution in [0.5, 0.6) is 5.75 Å². The molecule has 0 atom stereocenters. The Morgan fingerprint density at radius 1 is 1.32 bits per heavy atom. The lowest BCUT2D eigenvalue weighted by molar-refractivity contribution is -0.119. The van der Waals surface area contributed by atoms with Gasteiger partial charge in [-0.25, -0.2) is 19.0 Å². The molecule has 0 saturated carbocycles. The third-order valence-corrected chi connectivity index (χ3v) is 7.95. The van der Waals surface area contributed by atoms with E-state index in [9.17, 15) is 9.18 Å². The third-order valence-electron chi connectivity index (χ3n) is 5.13. The second-order valence-electron chi connectivity index (χ2n) is 7.82. The van der Waals surface area contributed by atoms with Gasteiger partial charge in [0.25, 0.3) is 0 Å². The van der Waals surface area contributed by atoms with Crippen LogP contribution in [0.1, 0.15) is 18.9 Å². The Hall–Kier alpha value is -2.64. The maximum atomic E-state index is 13.6. The largest absolute Gasteiger partial charge is 0.494 e. The molecule has 0 bridgehead atoms. The zero-order valence-electron chi connectivity index (χ0n) is 19.7. The van der Waals surface area contributed by atoms with E-state index in [0.717, 1.165) is 10.1 Å². The third kappa shape index (κ3) is 7.02. The molecule has 0 aliphatic rings. The van der Waals surface area contributed by atoms with Gasteiger partial charge in [0.05, 0.1) is 17.1 Å². The lowest BCUT2D eigenvalue weighted by Gasteiger charge is -2.14. The van der Waals surface area contributed by atoms with Crippen LogP contribution >= 0.6 is 46.9 Å². The number of Topliss-reactive ketones (excluding diaryl/α,β-unsaturated/α-hetero) is 1. The summed E-state index contributed by atoms with van der Waals surface area (Å²) >= 11 is 14.2. The van der Waals surface area contributed by atoms with E-state index in [4.69, 9.17) is 33.7 Å². The fourth-order valence-electron chi connectivity index (χ4n) is 3.47. The van der Waals surface area contributed by atoms with Gasteiger partial charge in [0.15, 0.2) is 14.1 Å². The Labute approximate surface area is 230 Å². The van der Waals surface area contributed by atoms with E-state index < -0.39 is 5.82 Å². The van der Waals surface area contributed by atoms with Crippen molar-refractivity contribution in [2.24, 2.45) is 0 Å². The van der Waals surface area contributed by atoms with Crippen molar-refractivity contribution < 1.29 is 19.0 Å². The molecule has 13 heteroatoms. The van der Waals surface area contributed by atoms with Crippen LogP contribution in [0, 0.1) is 9.77 Å². The quantitative estimate of drug-likeness (QED) is 0.122. The predicted molar refractivity (Wildman–Crippen MR) is 147 cm³/mol. The molecule has 0 unspecified atom stereocenters. The van der Waals surface area contributed by atoms with E-state index in [1.165, 1.54) is 46.2 Å². The molecule has 0 amide bonds. The average molecular weight is 580 g/mol. The second-order valence-corrected chi connectivity index (χ2v) is 11.2.